The zero-order valence-corrected chi connectivity index (χ0v) is 24.3. The van der Waals surface area contributed by atoms with Gasteiger partial charge in [0.25, 0.3) is 5.78 Å². The number of halogens is 2. The number of carbonyl (C=O) groups excluding carboxylic acids is 2. The van der Waals surface area contributed by atoms with Gasteiger partial charge >= 0.3 is 5.91 Å². The smallest absolute Gasteiger partial charge is 0.301 e. The van der Waals surface area contributed by atoms with Crippen LogP contribution in [0.3, 0.4) is 0 Å². The molecule has 0 radical (unpaired) electrons. The standard InChI is InChI=1S/C30H25ClFN3O4S2/c1-2-3-15-39-22-13-11-18(12-14-22)26(36)24-25(19-8-6-9-21(31)16-19)35(28(38)27(24)37)29-33-34-30(41-29)40-17-20-7-4-5-10-23(20)32/h4-14,16,25,36H,2-3,15,17H2,1H3/t25-/m0/s1. The Balaban J connectivity index is 1.49. The highest BCUT2D eigenvalue weighted by Gasteiger charge is 2.48. The molecular weight excluding hydrogens is 585 g/mol. The molecule has 1 aliphatic rings. The minimum absolute atomic E-state index is 0.0901. The number of benzene rings is 3. The second kappa shape index (κ2) is 12.8. The number of nitrogens with zero attached hydrogens (tertiary/aromatic N) is 3. The molecule has 0 aliphatic carbocycles. The number of aliphatic hydroxyl groups excluding tert-OH is 1. The first-order valence-electron chi connectivity index (χ1n) is 12.9. The Labute approximate surface area is 249 Å². The van der Waals surface area contributed by atoms with E-state index in [2.05, 4.69) is 17.1 Å². The number of hydrogen-bond acceptors (Lipinski definition) is 8. The summed E-state index contributed by atoms with van der Waals surface area (Å²) < 4.78 is 20.3. The van der Waals surface area contributed by atoms with Gasteiger partial charge in [0, 0.05) is 16.3 Å². The van der Waals surface area contributed by atoms with E-state index in [4.69, 9.17) is 16.3 Å². The summed E-state index contributed by atoms with van der Waals surface area (Å²) in [6.07, 6.45) is 1.92. The number of unbranched alkanes of at least 4 members (excludes halogenated alkanes) is 1. The van der Waals surface area contributed by atoms with Crippen molar-refractivity contribution in [1.82, 2.24) is 10.2 Å². The molecule has 210 valence electrons. The Kier molecular flexibility index (Phi) is 9.02. The Hall–Kier alpha value is -3.73. The van der Waals surface area contributed by atoms with Crippen LogP contribution in [0.15, 0.2) is 82.7 Å². The van der Waals surface area contributed by atoms with Crippen molar-refractivity contribution in [2.45, 2.75) is 35.9 Å². The van der Waals surface area contributed by atoms with Gasteiger partial charge in [-0.05, 0) is 60.0 Å². The van der Waals surface area contributed by atoms with Crippen molar-refractivity contribution in [2.75, 3.05) is 11.5 Å². The van der Waals surface area contributed by atoms with E-state index in [1.54, 1.807) is 66.7 Å². The van der Waals surface area contributed by atoms with Gasteiger partial charge in [0.15, 0.2) is 4.34 Å². The Morgan fingerprint density at radius 3 is 2.61 bits per heavy atom. The molecule has 0 bridgehead atoms. The molecule has 1 saturated heterocycles. The molecule has 1 atom stereocenters. The maximum atomic E-state index is 14.1. The molecule has 4 aromatic rings. The number of amides is 1. The number of anilines is 1. The van der Waals surface area contributed by atoms with Crippen LogP contribution in [-0.4, -0.2) is 33.6 Å². The van der Waals surface area contributed by atoms with Crippen LogP contribution in [0.25, 0.3) is 5.76 Å². The largest absolute Gasteiger partial charge is 0.507 e. The lowest BCUT2D eigenvalue weighted by molar-refractivity contribution is -0.132. The van der Waals surface area contributed by atoms with Crippen molar-refractivity contribution in [2.24, 2.45) is 0 Å². The molecule has 1 fully saturated rings. The number of carbonyl (C=O) groups is 2. The molecule has 1 N–H and O–H groups in total. The second-order valence-corrected chi connectivity index (χ2v) is 11.8. The number of ketones is 1. The fraction of sp³-hybridized carbons (Fsp3) is 0.200. The van der Waals surface area contributed by atoms with E-state index in [0.717, 1.165) is 24.2 Å². The van der Waals surface area contributed by atoms with Crippen molar-refractivity contribution >= 4 is 57.3 Å². The van der Waals surface area contributed by atoms with Crippen molar-refractivity contribution in [3.63, 3.8) is 0 Å². The fourth-order valence-electron chi connectivity index (χ4n) is 4.33. The van der Waals surface area contributed by atoms with Crippen LogP contribution in [0.4, 0.5) is 9.52 Å². The Morgan fingerprint density at radius 1 is 1.10 bits per heavy atom. The van der Waals surface area contributed by atoms with Gasteiger partial charge in [-0.1, -0.05) is 78.4 Å². The van der Waals surface area contributed by atoms with Crippen LogP contribution in [0, 0.1) is 5.82 Å². The molecule has 11 heteroatoms. The molecule has 0 saturated carbocycles. The third-order valence-electron chi connectivity index (χ3n) is 6.41. The van der Waals surface area contributed by atoms with Gasteiger partial charge in [0.2, 0.25) is 5.13 Å². The highest BCUT2D eigenvalue weighted by Crippen LogP contribution is 2.44. The third-order valence-corrected chi connectivity index (χ3v) is 8.75. The maximum absolute atomic E-state index is 14.1. The SMILES string of the molecule is CCCCOc1ccc(C(O)=C2C(=O)C(=O)N(c3nnc(SCc4ccccc4F)s3)[C@H]2c2cccc(Cl)c2)cc1. The van der Waals surface area contributed by atoms with Crippen molar-refractivity contribution in [3.8, 4) is 5.75 Å². The van der Waals surface area contributed by atoms with Crippen LogP contribution < -0.4 is 9.64 Å². The minimum Gasteiger partial charge on any atom is -0.507 e. The molecular formula is C30H25ClFN3O4S2. The van der Waals surface area contributed by atoms with Gasteiger partial charge in [-0.25, -0.2) is 4.39 Å². The topological polar surface area (TPSA) is 92.6 Å². The third kappa shape index (κ3) is 6.29. The zero-order valence-electron chi connectivity index (χ0n) is 21.9. The first-order valence-corrected chi connectivity index (χ1v) is 15.0. The molecule has 0 spiro atoms. The molecule has 1 aliphatic heterocycles. The van der Waals surface area contributed by atoms with Crippen LogP contribution in [0.5, 0.6) is 5.75 Å². The van der Waals surface area contributed by atoms with E-state index < -0.39 is 17.7 Å². The highest BCUT2D eigenvalue weighted by atomic mass is 35.5. The predicted molar refractivity (Wildman–Crippen MR) is 159 cm³/mol. The second-order valence-electron chi connectivity index (χ2n) is 9.18. The van der Waals surface area contributed by atoms with E-state index in [9.17, 15) is 19.1 Å². The Bertz CT molecular complexity index is 1610. The van der Waals surface area contributed by atoms with Crippen molar-refractivity contribution < 1.29 is 23.8 Å². The number of ether oxygens (including phenoxy) is 1. The number of aromatic nitrogens is 2. The van der Waals surface area contributed by atoms with Crippen LogP contribution >= 0.6 is 34.7 Å². The number of thioether (sulfide) groups is 1. The lowest BCUT2D eigenvalue weighted by atomic mass is 9.95. The van der Waals surface area contributed by atoms with Gasteiger partial charge in [0.1, 0.15) is 17.3 Å². The van der Waals surface area contributed by atoms with Crippen LogP contribution in [0.2, 0.25) is 5.02 Å². The van der Waals surface area contributed by atoms with Crippen molar-refractivity contribution in [3.05, 3.63) is 106 Å². The maximum Gasteiger partial charge on any atom is 0.301 e. The number of rotatable bonds is 10. The molecule has 1 amide bonds. The summed E-state index contributed by atoms with van der Waals surface area (Å²) in [7, 11) is 0. The number of hydrogen-bond donors (Lipinski definition) is 1. The lowest BCUT2D eigenvalue weighted by Crippen LogP contribution is -2.29. The van der Waals surface area contributed by atoms with Gasteiger partial charge < -0.3 is 9.84 Å². The summed E-state index contributed by atoms with van der Waals surface area (Å²) in [4.78, 5) is 28.1. The van der Waals surface area contributed by atoms with Crippen LogP contribution in [-0.2, 0) is 15.3 Å². The molecule has 0 unspecified atom stereocenters. The average Bonchev–Trinajstić information content (AvgIpc) is 3.54. The summed E-state index contributed by atoms with van der Waals surface area (Å²) in [5.74, 6) is -1.40. The van der Waals surface area contributed by atoms with E-state index in [1.807, 2.05) is 0 Å². The molecule has 3 aromatic carbocycles. The van der Waals surface area contributed by atoms with Crippen molar-refractivity contribution in [1.29, 1.82) is 0 Å². The first kappa shape index (κ1) is 28.8. The summed E-state index contributed by atoms with van der Waals surface area (Å²) >= 11 is 8.65. The molecule has 5 rings (SSSR count). The lowest BCUT2D eigenvalue weighted by Gasteiger charge is -2.22. The monoisotopic (exact) mass is 609 g/mol. The summed E-state index contributed by atoms with van der Waals surface area (Å²) in [6, 6.07) is 18.9. The fourth-order valence-corrected chi connectivity index (χ4v) is 6.39. The van der Waals surface area contributed by atoms with Crippen LogP contribution in [0.1, 0.15) is 42.5 Å². The van der Waals surface area contributed by atoms with E-state index >= 15 is 0 Å². The van der Waals surface area contributed by atoms with Gasteiger partial charge in [-0.15, -0.1) is 10.2 Å². The van der Waals surface area contributed by atoms with Gasteiger partial charge in [-0.3, -0.25) is 14.5 Å². The quantitative estimate of drug-likeness (QED) is 0.0499. The van der Waals surface area contributed by atoms with E-state index in [0.29, 0.717) is 44.2 Å². The summed E-state index contributed by atoms with van der Waals surface area (Å²) in [5.41, 5.74) is 1.30. The zero-order chi connectivity index (χ0) is 28.9. The number of Topliss-reactive ketones (excluding diaryl/α,β-unsaturated/α-hetero) is 1. The van der Waals surface area contributed by atoms with Gasteiger partial charge in [-0.2, -0.15) is 0 Å². The summed E-state index contributed by atoms with van der Waals surface area (Å²) in [5, 5.41) is 20.3. The Morgan fingerprint density at radius 2 is 1.88 bits per heavy atom. The molecule has 41 heavy (non-hydrogen) atoms. The average molecular weight is 610 g/mol. The molecule has 7 nitrogen and oxygen atoms in total. The van der Waals surface area contributed by atoms with Gasteiger partial charge in [0.05, 0.1) is 18.2 Å². The normalized spacial score (nSPS) is 16.4. The highest BCUT2D eigenvalue weighted by molar-refractivity contribution is 8.00. The molecule has 2 heterocycles. The van der Waals surface area contributed by atoms with E-state index in [1.165, 1.54) is 22.7 Å². The number of aliphatic hydroxyl groups is 1. The minimum atomic E-state index is -0.994. The summed E-state index contributed by atoms with van der Waals surface area (Å²) in [6.45, 7) is 2.65. The van der Waals surface area contributed by atoms with E-state index in [-0.39, 0.29) is 22.3 Å². The first-order chi connectivity index (χ1) is 19.9. The molecule has 1 aromatic heterocycles. The predicted octanol–water partition coefficient (Wildman–Crippen LogP) is 7.43.